The Morgan fingerprint density at radius 3 is 2.07 bits per heavy atom. The zero-order valence-electron chi connectivity index (χ0n) is 16.2. The van der Waals surface area contributed by atoms with Crippen LogP contribution in [0.25, 0.3) is 0 Å². The third-order valence-electron chi connectivity index (χ3n) is 4.46. The van der Waals surface area contributed by atoms with Crippen molar-refractivity contribution in [1.82, 2.24) is 0 Å². The SMILES string of the molecule is CCCCOC(=O)c1ccc(NC(=S)Nc2ccc(C(C)CC)cc2)cc1. The van der Waals surface area contributed by atoms with E-state index in [4.69, 9.17) is 17.0 Å². The summed E-state index contributed by atoms with van der Waals surface area (Å²) in [6.07, 6.45) is 3.00. The number of benzene rings is 2. The van der Waals surface area contributed by atoms with Crippen LogP contribution in [0, 0.1) is 0 Å². The zero-order chi connectivity index (χ0) is 19.6. The first-order valence-electron chi connectivity index (χ1n) is 9.48. The molecule has 1 atom stereocenters. The zero-order valence-corrected chi connectivity index (χ0v) is 17.1. The van der Waals surface area contributed by atoms with Gasteiger partial charge in [0.25, 0.3) is 0 Å². The molecule has 2 aromatic carbocycles. The van der Waals surface area contributed by atoms with Crippen molar-refractivity contribution in [3.05, 3.63) is 59.7 Å². The van der Waals surface area contributed by atoms with Crippen LogP contribution in [0.1, 0.15) is 61.9 Å². The summed E-state index contributed by atoms with van der Waals surface area (Å²) in [5.74, 6) is 0.258. The van der Waals surface area contributed by atoms with Crippen molar-refractivity contribution in [3.63, 3.8) is 0 Å². The molecule has 5 heteroatoms. The highest BCUT2D eigenvalue weighted by atomic mass is 32.1. The molecule has 1 unspecified atom stereocenters. The van der Waals surface area contributed by atoms with E-state index >= 15 is 0 Å². The van der Waals surface area contributed by atoms with Crippen LogP contribution in [0.2, 0.25) is 0 Å². The standard InChI is InChI=1S/C22H28N2O2S/c1-4-6-15-26-21(25)18-9-13-20(14-10-18)24-22(27)23-19-11-7-17(8-12-19)16(3)5-2/h7-14,16H,4-6,15H2,1-3H3,(H2,23,24,27). The molecule has 27 heavy (non-hydrogen) atoms. The van der Waals surface area contributed by atoms with E-state index in [0.717, 1.165) is 30.6 Å². The predicted molar refractivity (Wildman–Crippen MR) is 117 cm³/mol. The summed E-state index contributed by atoms with van der Waals surface area (Å²) in [5, 5.41) is 6.80. The van der Waals surface area contributed by atoms with Gasteiger partial charge in [-0.3, -0.25) is 0 Å². The molecule has 4 nitrogen and oxygen atoms in total. The van der Waals surface area contributed by atoms with E-state index < -0.39 is 0 Å². The minimum atomic E-state index is -0.294. The van der Waals surface area contributed by atoms with Crippen molar-refractivity contribution in [1.29, 1.82) is 0 Å². The minimum Gasteiger partial charge on any atom is -0.462 e. The largest absolute Gasteiger partial charge is 0.462 e. The van der Waals surface area contributed by atoms with Crippen LogP contribution in [0.5, 0.6) is 0 Å². The molecule has 2 rings (SSSR count). The Morgan fingerprint density at radius 2 is 1.56 bits per heavy atom. The molecule has 2 N–H and O–H groups in total. The number of carbonyl (C=O) groups excluding carboxylic acids is 1. The summed E-state index contributed by atoms with van der Waals surface area (Å²) in [6, 6.07) is 15.4. The maximum Gasteiger partial charge on any atom is 0.338 e. The second-order valence-corrected chi connectivity index (χ2v) is 6.99. The van der Waals surface area contributed by atoms with Crippen molar-refractivity contribution in [3.8, 4) is 0 Å². The fourth-order valence-corrected chi connectivity index (χ4v) is 2.74. The van der Waals surface area contributed by atoms with Gasteiger partial charge in [-0.1, -0.05) is 39.3 Å². The van der Waals surface area contributed by atoms with Gasteiger partial charge < -0.3 is 15.4 Å². The van der Waals surface area contributed by atoms with Crippen molar-refractivity contribution >= 4 is 34.7 Å². The Kier molecular flexibility index (Phi) is 8.27. The smallest absolute Gasteiger partial charge is 0.338 e. The second-order valence-electron chi connectivity index (χ2n) is 6.58. The minimum absolute atomic E-state index is 0.294. The lowest BCUT2D eigenvalue weighted by molar-refractivity contribution is 0.0500. The number of thiocarbonyl (C=S) groups is 1. The first kappa shape index (κ1) is 20.9. The number of anilines is 2. The number of nitrogens with one attached hydrogen (secondary N) is 2. The topological polar surface area (TPSA) is 50.4 Å². The van der Waals surface area contributed by atoms with Crippen LogP contribution in [0.3, 0.4) is 0 Å². The van der Waals surface area contributed by atoms with Gasteiger partial charge in [0.15, 0.2) is 5.11 Å². The van der Waals surface area contributed by atoms with Crippen LogP contribution < -0.4 is 10.6 Å². The molecular formula is C22H28N2O2S. The maximum absolute atomic E-state index is 11.9. The Bertz CT molecular complexity index is 742. The van der Waals surface area contributed by atoms with Gasteiger partial charge in [0.1, 0.15) is 0 Å². The molecule has 0 bridgehead atoms. The van der Waals surface area contributed by atoms with Crippen molar-refractivity contribution in [2.45, 2.75) is 46.0 Å². The number of rotatable bonds is 8. The van der Waals surface area contributed by atoms with Crippen LogP contribution >= 0.6 is 12.2 Å². The summed E-state index contributed by atoms with van der Waals surface area (Å²) in [5.41, 5.74) is 3.61. The van der Waals surface area contributed by atoms with Gasteiger partial charge in [-0.15, -0.1) is 0 Å². The third kappa shape index (κ3) is 6.68. The van der Waals surface area contributed by atoms with Gasteiger partial charge >= 0.3 is 5.97 Å². The molecule has 0 radical (unpaired) electrons. The Balaban J connectivity index is 1.87. The highest BCUT2D eigenvalue weighted by Crippen LogP contribution is 2.20. The van der Waals surface area contributed by atoms with E-state index in [9.17, 15) is 4.79 Å². The van der Waals surface area contributed by atoms with Crippen LogP contribution in [0.4, 0.5) is 11.4 Å². The van der Waals surface area contributed by atoms with E-state index in [1.807, 2.05) is 24.3 Å². The van der Waals surface area contributed by atoms with Crippen molar-refractivity contribution < 1.29 is 9.53 Å². The number of hydrogen-bond acceptors (Lipinski definition) is 3. The third-order valence-corrected chi connectivity index (χ3v) is 4.66. The highest BCUT2D eigenvalue weighted by Gasteiger charge is 2.07. The molecule has 0 fully saturated rings. The Labute approximate surface area is 167 Å². The van der Waals surface area contributed by atoms with Crippen LogP contribution in [-0.2, 0) is 4.74 Å². The average molecular weight is 385 g/mol. The lowest BCUT2D eigenvalue weighted by Gasteiger charge is -2.13. The number of carbonyl (C=O) groups is 1. The molecular weight excluding hydrogens is 356 g/mol. The van der Waals surface area contributed by atoms with Crippen molar-refractivity contribution in [2.24, 2.45) is 0 Å². The Hall–Kier alpha value is -2.40. The van der Waals surface area contributed by atoms with E-state index in [-0.39, 0.29) is 5.97 Å². The first-order chi connectivity index (χ1) is 13.0. The summed E-state index contributed by atoms with van der Waals surface area (Å²) in [4.78, 5) is 11.9. The molecule has 0 aromatic heterocycles. The summed E-state index contributed by atoms with van der Waals surface area (Å²) in [6.45, 7) is 6.92. The van der Waals surface area contributed by atoms with Crippen LogP contribution in [-0.4, -0.2) is 17.7 Å². The lowest BCUT2D eigenvalue weighted by atomic mass is 9.99. The normalized spacial score (nSPS) is 11.5. The molecule has 0 aliphatic rings. The lowest BCUT2D eigenvalue weighted by Crippen LogP contribution is -2.19. The quantitative estimate of drug-likeness (QED) is 0.334. The molecule has 0 aliphatic carbocycles. The number of hydrogen-bond donors (Lipinski definition) is 2. The molecule has 0 heterocycles. The predicted octanol–water partition coefficient (Wildman–Crippen LogP) is 5.97. The second kappa shape index (κ2) is 10.7. The summed E-state index contributed by atoms with van der Waals surface area (Å²) >= 11 is 5.37. The fraction of sp³-hybridized carbons (Fsp3) is 0.364. The monoisotopic (exact) mass is 384 g/mol. The highest BCUT2D eigenvalue weighted by molar-refractivity contribution is 7.80. The van der Waals surface area contributed by atoms with Crippen molar-refractivity contribution in [2.75, 3.05) is 17.2 Å². The molecule has 0 aliphatic heterocycles. The van der Waals surface area contributed by atoms with Gasteiger partial charge in [0, 0.05) is 11.4 Å². The van der Waals surface area contributed by atoms with Gasteiger partial charge in [0.2, 0.25) is 0 Å². The van der Waals surface area contributed by atoms with E-state index in [0.29, 0.717) is 23.2 Å². The average Bonchev–Trinajstić information content (AvgIpc) is 2.68. The molecule has 2 aromatic rings. The maximum atomic E-state index is 11.9. The molecule has 0 saturated heterocycles. The number of unbranched alkanes of at least 4 members (excludes halogenated alkanes) is 1. The molecule has 0 amide bonds. The molecule has 144 valence electrons. The van der Waals surface area contributed by atoms with E-state index in [1.165, 1.54) is 5.56 Å². The summed E-state index contributed by atoms with van der Waals surface area (Å²) in [7, 11) is 0. The van der Waals surface area contributed by atoms with E-state index in [1.54, 1.807) is 12.1 Å². The number of esters is 1. The van der Waals surface area contributed by atoms with Gasteiger partial charge in [0.05, 0.1) is 12.2 Å². The molecule has 0 saturated carbocycles. The van der Waals surface area contributed by atoms with E-state index in [2.05, 4.69) is 43.5 Å². The number of ether oxygens (including phenoxy) is 1. The van der Waals surface area contributed by atoms with Gasteiger partial charge in [-0.2, -0.15) is 0 Å². The van der Waals surface area contributed by atoms with Gasteiger partial charge in [-0.05, 0) is 72.9 Å². The fourth-order valence-electron chi connectivity index (χ4n) is 2.51. The molecule has 0 spiro atoms. The first-order valence-corrected chi connectivity index (χ1v) is 9.89. The van der Waals surface area contributed by atoms with Gasteiger partial charge in [-0.25, -0.2) is 4.79 Å². The summed E-state index contributed by atoms with van der Waals surface area (Å²) < 4.78 is 5.21. The van der Waals surface area contributed by atoms with Crippen LogP contribution in [0.15, 0.2) is 48.5 Å². The Morgan fingerprint density at radius 1 is 1.00 bits per heavy atom.